The quantitative estimate of drug-likeness (QED) is 0.348. The van der Waals surface area contributed by atoms with E-state index < -0.39 is 0 Å². The molecule has 0 aromatic heterocycles. The highest BCUT2D eigenvalue weighted by atomic mass is 32.2. The lowest BCUT2D eigenvalue weighted by atomic mass is 10.1. The topological polar surface area (TPSA) is 59.1 Å². The molecule has 0 aliphatic heterocycles. The molecule has 0 atom stereocenters. The second-order valence-electron chi connectivity index (χ2n) is 3.23. The van der Waals surface area contributed by atoms with Crippen molar-refractivity contribution >= 4 is 17.6 Å². The van der Waals surface area contributed by atoms with Gasteiger partial charge in [-0.25, -0.2) is 0 Å². The third-order valence-electron chi connectivity index (χ3n) is 2.04. The van der Waals surface area contributed by atoms with E-state index in [1.807, 2.05) is 19.1 Å². The Balaban J connectivity index is 2.69. The number of nitrogens with one attached hydrogen (secondary N) is 1. The number of methoxy groups -OCH3 is 1. The highest BCUT2D eigenvalue weighted by Crippen LogP contribution is 2.20. The summed E-state index contributed by atoms with van der Waals surface area (Å²) in [6, 6.07) is 5.94. The lowest BCUT2D eigenvalue weighted by Crippen LogP contribution is -2.12. The maximum absolute atomic E-state index is 7.37. The van der Waals surface area contributed by atoms with Crippen molar-refractivity contribution in [1.82, 2.24) is 0 Å². The van der Waals surface area contributed by atoms with Crippen molar-refractivity contribution in [3.8, 4) is 0 Å². The zero-order chi connectivity index (χ0) is 11.3. The van der Waals surface area contributed by atoms with Gasteiger partial charge in [0, 0.05) is 23.3 Å². The standard InChI is InChI=1S/C11H16N2OS/c1-8-7-9(15-6-5-14-2)3-4-10(8)11(12)13/h3-4,7H,5-6H2,1-2H3,(H3,12,13). The SMILES string of the molecule is COCCSc1ccc(C(=N)N)c(C)c1. The number of benzene rings is 1. The van der Waals surface area contributed by atoms with Crippen LogP contribution >= 0.6 is 11.8 Å². The van der Waals surface area contributed by atoms with Crippen molar-refractivity contribution in [3.63, 3.8) is 0 Å². The van der Waals surface area contributed by atoms with Crippen LogP contribution in [0.15, 0.2) is 23.1 Å². The first-order valence-corrected chi connectivity index (χ1v) is 5.70. The molecule has 0 aliphatic rings. The Morgan fingerprint density at radius 1 is 1.53 bits per heavy atom. The van der Waals surface area contributed by atoms with Crippen LogP contribution in [0.2, 0.25) is 0 Å². The van der Waals surface area contributed by atoms with Crippen LogP contribution in [0.25, 0.3) is 0 Å². The van der Waals surface area contributed by atoms with Crippen LogP contribution in [-0.4, -0.2) is 25.3 Å². The number of hydrogen-bond acceptors (Lipinski definition) is 3. The van der Waals surface area contributed by atoms with Crippen LogP contribution in [0.4, 0.5) is 0 Å². The fourth-order valence-electron chi connectivity index (χ4n) is 1.27. The summed E-state index contributed by atoms with van der Waals surface area (Å²) >= 11 is 1.74. The second kappa shape index (κ2) is 5.78. The van der Waals surface area contributed by atoms with Crippen molar-refractivity contribution in [1.29, 1.82) is 5.41 Å². The molecule has 1 rings (SSSR count). The lowest BCUT2D eigenvalue weighted by molar-refractivity contribution is 0.218. The highest BCUT2D eigenvalue weighted by molar-refractivity contribution is 7.99. The molecular weight excluding hydrogens is 208 g/mol. The number of amidine groups is 1. The largest absolute Gasteiger partial charge is 0.384 e. The van der Waals surface area contributed by atoms with Gasteiger partial charge in [-0.05, 0) is 30.7 Å². The summed E-state index contributed by atoms with van der Waals surface area (Å²) in [6.07, 6.45) is 0. The zero-order valence-corrected chi connectivity index (χ0v) is 9.86. The predicted molar refractivity (Wildman–Crippen MR) is 64.8 cm³/mol. The van der Waals surface area contributed by atoms with Crippen LogP contribution in [-0.2, 0) is 4.74 Å². The smallest absolute Gasteiger partial charge is 0.123 e. The zero-order valence-electron chi connectivity index (χ0n) is 9.04. The third-order valence-corrected chi connectivity index (χ3v) is 3.00. The molecule has 0 amide bonds. The molecule has 0 radical (unpaired) electrons. The van der Waals surface area contributed by atoms with Crippen LogP contribution in [0, 0.1) is 12.3 Å². The van der Waals surface area contributed by atoms with Crippen LogP contribution in [0.1, 0.15) is 11.1 Å². The maximum Gasteiger partial charge on any atom is 0.123 e. The van der Waals surface area contributed by atoms with Gasteiger partial charge >= 0.3 is 0 Å². The lowest BCUT2D eigenvalue weighted by Gasteiger charge is -2.06. The van der Waals surface area contributed by atoms with Gasteiger partial charge in [0.05, 0.1) is 6.61 Å². The highest BCUT2D eigenvalue weighted by Gasteiger charge is 2.02. The molecule has 3 N–H and O–H groups in total. The first-order chi connectivity index (χ1) is 7.15. The van der Waals surface area contributed by atoms with E-state index in [0.29, 0.717) is 0 Å². The Bertz CT molecular complexity index is 352. The number of rotatable bonds is 5. The first-order valence-electron chi connectivity index (χ1n) is 4.72. The molecule has 0 bridgehead atoms. The number of nitrogens with two attached hydrogens (primary N) is 1. The Labute approximate surface area is 94.5 Å². The normalized spacial score (nSPS) is 10.3. The summed E-state index contributed by atoms with van der Waals surface area (Å²) in [5.41, 5.74) is 7.30. The molecule has 1 aromatic carbocycles. The summed E-state index contributed by atoms with van der Waals surface area (Å²) < 4.78 is 4.98. The summed E-state index contributed by atoms with van der Waals surface area (Å²) in [5, 5.41) is 7.37. The average molecular weight is 224 g/mol. The summed E-state index contributed by atoms with van der Waals surface area (Å²) in [7, 11) is 1.70. The minimum Gasteiger partial charge on any atom is -0.384 e. The molecule has 0 aliphatic carbocycles. The molecule has 15 heavy (non-hydrogen) atoms. The monoisotopic (exact) mass is 224 g/mol. The molecule has 0 unspecified atom stereocenters. The summed E-state index contributed by atoms with van der Waals surface area (Å²) in [4.78, 5) is 1.19. The molecule has 3 nitrogen and oxygen atoms in total. The Kier molecular flexibility index (Phi) is 4.65. The van der Waals surface area contributed by atoms with Gasteiger partial charge in [0.25, 0.3) is 0 Å². The van der Waals surface area contributed by atoms with E-state index in [2.05, 4.69) is 6.07 Å². The minimum absolute atomic E-state index is 0.126. The molecule has 0 saturated heterocycles. The fraction of sp³-hybridized carbons (Fsp3) is 0.364. The minimum atomic E-state index is 0.126. The molecule has 4 heteroatoms. The predicted octanol–water partition coefficient (Wildman–Crippen LogP) is 2.02. The first kappa shape index (κ1) is 12.1. The molecular formula is C11H16N2OS. The summed E-state index contributed by atoms with van der Waals surface area (Å²) in [6.45, 7) is 2.72. The molecule has 82 valence electrons. The van der Waals surface area contributed by atoms with Crippen LogP contribution < -0.4 is 5.73 Å². The van der Waals surface area contributed by atoms with E-state index in [9.17, 15) is 0 Å². The van der Waals surface area contributed by atoms with Gasteiger partial charge in [-0.2, -0.15) is 0 Å². The van der Waals surface area contributed by atoms with Crippen molar-refractivity contribution in [2.24, 2.45) is 5.73 Å². The van der Waals surface area contributed by atoms with Crippen molar-refractivity contribution in [3.05, 3.63) is 29.3 Å². The molecule has 0 saturated carbocycles. The Morgan fingerprint density at radius 2 is 2.27 bits per heavy atom. The van der Waals surface area contributed by atoms with E-state index in [-0.39, 0.29) is 5.84 Å². The molecule has 0 spiro atoms. The van der Waals surface area contributed by atoms with Gasteiger partial charge < -0.3 is 10.5 Å². The number of hydrogen-bond donors (Lipinski definition) is 2. The summed E-state index contributed by atoms with van der Waals surface area (Å²) in [5.74, 6) is 1.07. The van der Waals surface area contributed by atoms with Crippen molar-refractivity contribution in [2.45, 2.75) is 11.8 Å². The van der Waals surface area contributed by atoms with Crippen LogP contribution in [0.5, 0.6) is 0 Å². The van der Waals surface area contributed by atoms with Crippen molar-refractivity contribution < 1.29 is 4.74 Å². The number of thioether (sulfide) groups is 1. The van der Waals surface area contributed by atoms with E-state index in [4.69, 9.17) is 15.9 Å². The Hall–Kier alpha value is -1.00. The fourth-order valence-corrected chi connectivity index (χ4v) is 2.18. The number of ether oxygens (including phenoxy) is 1. The Morgan fingerprint density at radius 3 is 2.80 bits per heavy atom. The van der Waals surface area contributed by atoms with E-state index in [1.54, 1.807) is 18.9 Å². The van der Waals surface area contributed by atoms with Crippen molar-refractivity contribution in [2.75, 3.05) is 19.5 Å². The second-order valence-corrected chi connectivity index (χ2v) is 4.40. The van der Waals surface area contributed by atoms with Gasteiger partial charge in [0.2, 0.25) is 0 Å². The van der Waals surface area contributed by atoms with Gasteiger partial charge in [-0.3, -0.25) is 5.41 Å². The molecule has 0 heterocycles. The van der Waals surface area contributed by atoms with E-state index >= 15 is 0 Å². The van der Waals surface area contributed by atoms with Gasteiger partial charge in [0.15, 0.2) is 0 Å². The maximum atomic E-state index is 7.37. The number of aryl methyl sites for hydroxylation is 1. The van der Waals surface area contributed by atoms with Gasteiger partial charge in [-0.1, -0.05) is 0 Å². The van der Waals surface area contributed by atoms with Crippen LogP contribution in [0.3, 0.4) is 0 Å². The molecule has 1 aromatic rings. The van der Waals surface area contributed by atoms with Gasteiger partial charge in [-0.15, -0.1) is 11.8 Å². The van der Waals surface area contributed by atoms with E-state index in [1.165, 1.54) is 4.90 Å². The van der Waals surface area contributed by atoms with Gasteiger partial charge in [0.1, 0.15) is 5.84 Å². The third kappa shape index (κ3) is 3.57. The van der Waals surface area contributed by atoms with E-state index in [0.717, 1.165) is 23.5 Å². The molecule has 0 fully saturated rings. The number of nitrogen functional groups attached to an aromatic ring is 1. The average Bonchev–Trinajstić information content (AvgIpc) is 2.17.